The van der Waals surface area contributed by atoms with E-state index in [0.29, 0.717) is 5.92 Å². The van der Waals surface area contributed by atoms with Gasteiger partial charge in [-0.25, -0.2) is 0 Å². The van der Waals surface area contributed by atoms with E-state index in [2.05, 4.69) is 13.2 Å². The lowest BCUT2D eigenvalue weighted by Gasteiger charge is -2.45. The minimum absolute atomic E-state index is 0.434. The van der Waals surface area contributed by atoms with Crippen LogP contribution in [0.2, 0.25) is 0 Å². The van der Waals surface area contributed by atoms with Gasteiger partial charge >= 0.3 is 0 Å². The molecule has 0 spiro atoms. The van der Waals surface area contributed by atoms with Gasteiger partial charge in [-0.2, -0.15) is 0 Å². The molecule has 2 saturated carbocycles. The molecular weight excluding hydrogens is 160 g/mol. The van der Waals surface area contributed by atoms with E-state index in [1.165, 1.54) is 19.3 Å². The molecule has 0 aromatic carbocycles. The topological polar surface area (TPSA) is 20.2 Å². The Morgan fingerprint density at radius 2 is 2.00 bits per heavy atom. The summed E-state index contributed by atoms with van der Waals surface area (Å²) in [6, 6.07) is 0. The summed E-state index contributed by atoms with van der Waals surface area (Å²) in [4.78, 5) is 0. The Kier molecular flexibility index (Phi) is 2.07. The van der Waals surface area contributed by atoms with Gasteiger partial charge in [-0.1, -0.05) is 31.6 Å². The van der Waals surface area contributed by atoms with Crippen molar-refractivity contribution in [1.29, 1.82) is 0 Å². The molecule has 0 saturated heterocycles. The molecule has 2 atom stereocenters. The van der Waals surface area contributed by atoms with Crippen molar-refractivity contribution in [2.24, 2.45) is 5.92 Å². The molecule has 0 amide bonds. The van der Waals surface area contributed by atoms with Crippen molar-refractivity contribution in [3.05, 3.63) is 24.3 Å². The monoisotopic (exact) mass is 178 g/mol. The lowest BCUT2D eigenvalue weighted by atomic mass is 9.65. The summed E-state index contributed by atoms with van der Waals surface area (Å²) >= 11 is 0. The van der Waals surface area contributed by atoms with Crippen LogP contribution in [0, 0.1) is 5.92 Å². The van der Waals surface area contributed by atoms with E-state index in [9.17, 15) is 5.11 Å². The highest BCUT2D eigenvalue weighted by molar-refractivity contribution is 5.31. The summed E-state index contributed by atoms with van der Waals surface area (Å²) in [6.07, 6.45) is 6.30. The first-order chi connectivity index (χ1) is 6.12. The zero-order valence-corrected chi connectivity index (χ0v) is 8.18. The molecule has 13 heavy (non-hydrogen) atoms. The number of fused-ring (bicyclic) bond motifs is 1. The van der Waals surface area contributed by atoms with Crippen LogP contribution in [-0.2, 0) is 0 Å². The third-order valence-electron chi connectivity index (χ3n) is 3.68. The molecular formula is C12H18O. The largest absolute Gasteiger partial charge is 0.389 e. The minimum Gasteiger partial charge on any atom is -0.389 e. The van der Waals surface area contributed by atoms with Crippen LogP contribution in [0.4, 0.5) is 0 Å². The summed E-state index contributed by atoms with van der Waals surface area (Å²) in [5.74, 6) is 0.458. The molecule has 1 nitrogen and oxygen atoms in total. The molecule has 2 fully saturated rings. The fraction of sp³-hybridized carbons (Fsp3) is 0.667. The second-order valence-corrected chi connectivity index (χ2v) is 4.63. The second-order valence-electron chi connectivity index (χ2n) is 4.63. The van der Waals surface area contributed by atoms with E-state index >= 15 is 0 Å². The maximum absolute atomic E-state index is 10.4. The average Bonchev–Trinajstić information content (AvgIpc) is 2.07. The Balaban J connectivity index is 2.19. The van der Waals surface area contributed by atoms with Crippen LogP contribution in [0.1, 0.15) is 38.5 Å². The van der Waals surface area contributed by atoms with E-state index < -0.39 is 5.60 Å². The van der Waals surface area contributed by atoms with Crippen LogP contribution in [-0.4, -0.2) is 10.7 Å². The van der Waals surface area contributed by atoms with Crippen molar-refractivity contribution in [2.75, 3.05) is 0 Å². The van der Waals surface area contributed by atoms with Crippen molar-refractivity contribution >= 4 is 0 Å². The summed E-state index contributed by atoms with van der Waals surface area (Å²) < 4.78 is 0. The summed E-state index contributed by atoms with van der Waals surface area (Å²) in [7, 11) is 0. The first-order valence-corrected chi connectivity index (χ1v) is 5.20. The van der Waals surface area contributed by atoms with Crippen LogP contribution in [0.15, 0.2) is 24.3 Å². The quantitative estimate of drug-likeness (QED) is 0.604. The van der Waals surface area contributed by atoms with E-state index in [1.54, 1.807) is 0 Å². The molecule has 0 bridgehead atoms. The van der Waals surface area contributed by atoms with Gasteiger partial charge in [0.1, 0.15) is 0 Å². The summed E-state index contributed by atoms with van der Waals surface area (Å²) in [6.45, 7) is 7.98. The molecule has 1 N–H and O–H groups in total. The lowest BCUT2D eigenvalue weighted by molar-refractivity contribution is -0.0537. The van der Waals surface area contributed by atoms with Gasteiger partial charge < -0.3 is 5.11 Å². The molecule has 72 valence electrons. The molecule has 2 aliphatic carbocycles. The zero-order valence-electron chi connectivity index (χ0n) is 8.18. The highest BCUT2D eigenvalue weighted by Gasteiger charge is 2.42. The van der Waals surface area contributed by atoms with Crippen LogP contribution in [0.3, 0.4) is 0 Å². The highest BCUT2D eigenvalue weighted by Crippen LogP contribution is 2.46. The van der Waals surface area contributed by atoms with E-state index in [4.69, 9.17) is 0 Å². The van der Waals surface area contributed by atoms with Gasteiger partial charge in [0.2, 0.25) is 0 Å². The van der Waals surface area contributed by atoms with Crippen molar-refractivity contribution < 1.29 is 5.11 Å². The number of rotatable bonds is 0. The van der Waals surface area contributed by atoms with Gasteiger partial charge in [0, 0.05) is 6.42 Å². The first-order valence-electron chi connectivity index (χ1n) is 5.20. The molecule has 0 aromatic heterocycles. The Bertz CT molecular complexity index is 254. The van der Waals surface area contributed by atoms with Crippen molar-refractivity contribution in [1.82, 2.24) is 0 Å². The Morgan fingerprint density at radius 3 is 2.77 bits per heavy atom. The van der Waals surface area contributed by atoms with Gasteiger partial charge in [0.15, 0.2) is 0 Å². The van der Waals surface area contributed by atoms with Crippen LogP contribution >= 0.6 is 0 Å². The van der Waals surface area contributed by atoms with Crippen molar-refractivity contribution in [2.45, 2.75) is 44.1 Å². The smallest absolute Gasteiger partial charge is 0.0719 e. The summed E-state index contributed by atoms with van der Waals surface area (Å²) in [5, 5.41) is 10.4. The minimum atomic E-state index is -0.434. The van der Waals surface area contributed by atoms with Gasteiger partial charge in [-0.3, -0.25) is 0 Å². The van der Waals surface area contributed by atoms with Gasteiger partial charge in [0.25, 0.3) is 0 Å². The van der Waals surface area contributed by atoms with E-state index in [0.717, 1.165) is 30.4 Å². The standard InChI is InChI=1S/C12H18O/c1-9-7-11-5-3-4-6-12(11,13)8-10(9)2/h11,13H,1-8H2/t11-,12+/m1/s1. The lowest BCUT2D eigenvalue weighted by Crippen LogP contribution is -2.43. The van der Waals surface area contributed by atoms with Gasteiger partial charge in [-0.05, 0) is 30.8 Å². The third-order valence-corrected chi connectivity index (χ3v) is 3.68. The third kappa shape index (κ3) is 1.46. The Morgan fingerprint density at radius 1 is 1.23 bits per heavy atom. The van der Waals surface area contributed by atoms with Crippen LogP contribution in [0.5, 0.6) is 0 Å². The fourth-order valence-electron chi connectivity index (χ4n) is 2.76. The Hall–Kier alpha value is -0.560. The Labute approximate surface area is 80.2 Å². The van der Waals surface area contributed by atoms with Gasteiger partial charge in [0.05, 0.1) is 5.60 Å². The molecule has 0 aromatic rings. The highest BCUT2D eigenvalue weighted by atomic mass is 16.3. The van der Waals surface area contributed by atoms with E-state index in [1.807, 2.05) is 0 Å². The molecule has 1 heteroatoms. The van der Waals surface area contributed by atoms with Crippen LogP contribution < -0.4 is 0 Å². The van der Waals surface area contributed by atoms with Crippen LogP contribution in [0.25, 0.3) is 0 Å². The van der Waals surface area contributed by atoms with Crippen molar-refractivity contribution in [3.8, 4) is 0 Å². The van der Waals surface area contributed by atoms with Crippen molar-refractivity contribution in [3.63, 3.8) is 0 Å². The molecule has 2 aliphatic rings. The first kappa shape index (κ1) is 9.01. The fourth-order valence-corrected chi connectivity index (χ4v) is 2.76. The number of aliphatic hydroxyl groups is 1. The number of allylic oxidation sites excluding steroid dienone is 1. The molecule has 0 aliphatic heterocycles. The zero-order chi connectivity index (χ0) is 9.47. The maximum Gasteiger partial charge on any atom is 0.0719 e. The maximum atomic E-state index is 10.4. The molecule has 0 unspecified atom stereocenters. The predicted octanol–water partition coefficient (Wildman–Crippen LogP) is 2.81. The molecule has 2 rings (SSSR count). The average molecular weight is 178 g/mol. The van der Waals surface area contributed by atoms with Gasteiger partial charge in [-0.15, -0.1) is 0 Å². The summed E-state index contributed by atoms with van der Waals surface area (Å²) in [5.41, 5.74) is 1.80. The molecule has 0 radical (unpaired) electrons. The SMILES string of the molecule is C=C1C[C@H]2CCCC[C@]2(O)CC1=C. The predicted molar refractivity (Wildman–Crippen MR) is 54.4 cm³/mol. The number of hydrogen-bond donors (Lipinski definition) is 1. The van der Waals surface area contributed by atoms with E-state index in [-0.39, 0.29) is 0 Å². The second kappa shape index (κ2) is 2.98. The molecule has 0 heterocycles. The number of hydrogen-bond acceptors (Lipinski definition) is 1. The normalized spacial score (nSPS) is 40.2.